The van der Waals surface area contributed by atoms with Crippen LogP contribution in [0.5, 0.6) is 0 Å². The first-order valence-corrected chi connectivity index (χ1v) is 11.3. The molecule has 1 unspecified atom stereocenters. The van der Waals surface area contributed by atoms with Gasteiger partial charge >= 0.3 is 6.03 Å². The summed E-state index contributed by atoms with van der Waals surface area (Å²) in [7, 11) is 0. The number of likely N-dealkylation sites (tertiary alicyclic amines) is 1. The van der Waals surface area contributed by atoms with Crippen LogP contribution < -0.4 is 21.7 Å². The molecule has 1 aromatic heterocycles. The molecular formula is C25H29N7O2. The van der Waals surface area contributed by atoms with Crippen molar-refractivity contribution in [1.82, 2.24) is 14.9 Å². The maximum Gasteiger partial charge on any atom is 0.322 e. The minimum Gasteiger partial charge on any atom is -0.365 e. The Labute approximate surface area is 198 Å². The van der Waals surface area contributed by atoms with Gasteiger partial charge in [-0.1, -0.05) is 36.4 Å². The van der Waals surface area contributed by atoms with Crippen LogP contribution in [-0.2, 0) is 0 Å². The Balaban J connectivity index is 1.50. The number of nitrogens with zero attached hydrogens (tertiary/aromatic N) is 3. The number of rotatable bonds is 7. The van der Waals surface area contributed by atoms with Gasteiger partial charge in [-0.25, -0.2) is 9.78 Å². The zero-order valence-electron chi connectivity index (χ0n) is 19.3. The van der Waals surface area contributed by atoms with E-state index in [1.807, 2.05) is 66.4 Å². The van der Waals surface area contributed by atoms with Gasteiger partial charge in [-0.05, 0) is 50.5 Å². The van der Waals surface area contributed by atoms with E-state index >= 15 is 0 Å². The number of amides is 3. The molecule has 1 aliphatic rings. The quantitative estimate of drug-likeness (QED) is 0.412. The summed E-state index contributed by atoms with van der Waals surface area (Å²) in [5.74, 6) is 0.0217. The second kappa shape index (κ2) is 10.2. The first-order valence-electron chi connectivity index (χ1n) is 11.3. The molecule has 2 atom stereocenters. The average Bonchev–Trinajstić information content (AvgIpc) is 3.26. The van der Waals surface area contributed by atoms with E-state index in [0.29, 0.717) is 23.1 Å². The second-order valence-corrected chi connectivity index (χ2v) is 8.42. The zero-order chi connectivity index (χ0) is 24.1. The molecule has 34 heavy (non-hydrogen) atoms. The number of urea groups is 1. The van der Waals surface area contributed by atoms with Gasteiger partial charge in [0.1, 0.15) is 5.82 Å². The summed E-state index contributed by atoms with van der Waals surface area (Å²) in [5, 5.41) is 9.34. The summed E-state index contributed by atoms with van der Waals surface area (Å²) >= 11 is 0. The van der Waals surface area contributed by atoms with Crippen LogP contribution in [0.1, 0.15) is 48.7 Å². The van der Waals surface area contributed by atoms with Crippen LogP contribution in [0.15, 0.2) is 60.8 Å². The van der Waals surface area contributed by atoms with Crippen LogP contribution in [-0.4, -0.2) is 39.4 Å². The van der Waals surface area contributed by atoms with Crippen LogP contribution in [0.3, 0.4) is 0 Å². The van der Waals surface area contributed by atoms with E-state index in [1.165, 1.54) is 6.20 Å². The molecule has 1 aliphatic heterocycles. The lowest BCUT2D eigenvalue weighted by Gasteiger charge is -2.22. The molecule has 0 saturated carbocycles. The van der Waals surface area contributed by atoms with Gasteiger partial charge in [-0.15, -0.1) is 0 Å². The molecule has 9 nitrogen and oxygen atoms in total. The summed E-state index contributed by atoms with van der Waals surface area (Å²) in [6.07, 6.45) is 3.44. The monoisotopic (exact) mass is 459 g/mol. The summed E-state index contributed by atoms with van der Waals surface area (Å²) in [4.78, 5) is 35.1. The number of hydrogen-bond acceptors (Lipinski definition) is 6. The minimum absolute atomic E-state index is 0.103. The van der Waals surface area contributed by atoms with E-state index in [2.05, 4.69) is 32.8 Å². The number of carbonyl (C=O) groups is 2. The van der Waals surface area contributed by atoms with Crippen molar-refractivity contribution in [2.45, 2.75) is 38.8 Å². The van der Waals surface area contributed by atoms with Gasteiger partial charge in [0.05, 0.1) is 5.56 Å². The van der Waals surface area contributed by atoms with E-state index < -0.39 is 5.91 Å². The molecule has 1 saturated heterocycles. The number of hydrogen-bond donors (Lipinski definition) is 4. The molecule has 4 rings (SSSR count). The second-order valence-electron chi connectivity index (χ2n) is 8.42. The number of nitrogens with one attached hydrogen (secondary N) is 3. The van der Waals surface area contributed by atoms with Crippen molar-refractivity contribution in [2.75, 3.05) is 22.5 Å². The van der Waals surface area contributed by atoms with Crippen molar-refractivity contribution in [3.8, 4) is 0 Å². The van der Waals surface area contributed by atoms with Crippen LogP contribution in [0.2, 0.25) is 0 Å². The standard InChI is InChI=1S/C25H29N7O2/c1-16-8-7-13-32(16)25(34)30-20-12-6-11-19(14-20)29-24-27-15-21(22(26)33)23(31-24)28-17(2)18-9-4-3-5-10-18/h3-6,9-12,14-17H,7-8,13H2,1-2H3,(H2,26,33)(H,30,34)(H2,27,28,29,31)/t16?,17-/m1/s1. The Morgan fingerprint density at radius 1 is 1.12 bits per heavy atom. The van der Waals surface area contributed by atoms with Crippen LogP contribution in [0.25, 0.3) is 0 Å². The lowest BCUT2D eigenvalue weighted by molar-refractivity contribution is 0.100. The number of benzene rings is 2. The van der Waals surface area contributed by atoms with E-state index in [1.54, 1.807) is 0 Å². The fourth-order valence-electron chi connectivity index (χ4n) is 4.00. The van der Waals surface area contributed by atoms with Crippen molar-refractivity contribution in [2.24, 2.45) is 5.73 Å². The van der Waals surface area contributed by atoms with Gasteiger partial charge < -0.3 is 26.6 Å². The first kappa shape index (κ1) is 23.0. The molecule has 0 spiro atoms. The fraction of sp³-hybridized carbons (Fsp3) is 0.280. The third-order valence-electron chi connectivity index (χ3n) is 5.89. The van der Waals surface area contributed by atoms with Gasteiger partial charge in [0, 0.05) is 36.2 Å². The van der Waals surface area contributed by atoms with Gasteiger partial charge in [0.2, 0.25) is 5.95 Å². The fourth-order valence-corrected chi connectivity index (χ4v) is 4.00. The minimum atomic E-state index is -0.616. The van der Waals surface area contributed by atoms with Crippen LogP contribution >= 0.6 is 0 Å². The highest BCUT2D eigenvalue weighted by molar-refractivity contribution is 5.97. The van der Waals surface area contributed by atoms with E-state index in [-0.39, 0.29) is 23.7 Å². The zero-order valence-corrected chi connectivity index (χ0v) is 19.3. The summed E-state index contributed by atoms with van der Waals surface area (Å²) < 4.78 is 0. The predicted octanol–water partition coefficient (Wildman–Crippen LogP) is 4.51. The number of anilines is 4. The van der Waals surface area contributed by atoms with E-state index in [9.17, 15) is 9.59 Å². The third-order valence-corrected chi connectivity index (χ3v) is 5.89. The largest absolute Gasteiger partial charge is 0.365 e. The molecule has 0 radical (unpaired) electrons. The van der Waals surface area contributed by atoms with Gasteiger partial charge in [0.15, 0.2) is 0 Å². The van der Waals surface area contributed by atoms with Crippen molar-refractivity contribution in [3.05, 3.63) is 71.9 Å². The molecule has 1 fully saturated rings. The predicted molar refractivity (Wildman–Crippen MR) is 133 cm³/mol. The Bertz CT molecular complexity index is 1170. The SMILES string of the molecule is CC1CCCN1C(=O)Nc1cccc(Nc2ncc(C(N)=O)c(N[C@H](C)c3ccccc3)n2)c1. The maximum atomic E-state index is 12.6. The molecule has 5 N–H and O–H groups in total. The van der Waals surface area contributed by atoms with Crippen molar-refractivity contribution >= 4 is 35.1 Å². The van der Waals surface area contributed by atoms with Crippen LogP contribution in [0.4, 0.5) is 27.9 Å². The molecule has 3 amide bonds. The van der Waals surface area contributed by atoms with Gasteiger partial charge in [-0.3, -0.25) is 4.79 Å². The molecule has 0 aliphatic carbocycles. The smallest absolute Gasteiger partial charge is 0.322 e. The Morgan fingerprint density at radius 3 is 2.59 bits per heavy atom. The van der Waals surface area contributed by atoms with Crippen molar-refractivity contribution in [1.29, 1.82) is 0 Å². The highest BCUT2D eigenvalue weighted by Crippen LogP contribution is 2.24. The Morgan fingerprint density at radius 2 is 1.88 bits per heavy atom. The van der Waals surface area contributed by atoms with E-state index in [0.717, 1.165) is 24.9 Å². The molecule has 3 aromatic rings. The summed E-state index contributed by atoms with van der Waals surface area (Å²) in [6, 6.07) is 17.2. The van der Waals surface area contributed by atoms with Crippen molar-refractivity contribution < 1.29 is 9.59 Å². The number of carbonyl (C=O) groups excluding carboxylic acids is 2. The highest BCUT2D eigenvalue weighted by atomic mass is 16.2. The number of aromatic nitrogens is 2. The summed E-state index contributed by atoms with van der Waals surface area (Å²) in [6.45, 7) is 4.80. The normalized spacial score (nSPS) is 16.1. The summed E-state index contributed by atoms with van der Waals surface area (Å²) in [5.41, 5.74) is 8.14. The molecule has 0 bridgehead atoms. The van der Waals surface area contributed by atoms with Gasteiger partial charge in [0.25, 0.3) is 5.91 Å². The first-order chi connectivity index (χ1) is 16.4. The topological polar surface area (TPSA) is 125 Å². The molecular weight excluding hydrogens is 430 g/mol. The third kappa shape index (κ3) is 5.43. The lowest BCUT2D eigenvalue weighted by Crippen LogP contribution is -2.37. The Hall–Kier alpha value is -4.14. The van der Waals surface area contributed by atoms with Gasteiger partial charge in [-0.2, -0.15) is 4.98 Å². The molecule has 9 heteroatoms. The molecule has 2 aromatic carbocycles. The van der Waals surface area contributed by atoms with Crippen LogP contribution in [0, 0.1) is 0 Å². The number of primary amides is 1. The lowest BCUT2D eigenvalue weighted by atomic mass is 10.1. The average molecular weight is 460 g/mol. The van der Waals surface area contributed by atoms with Crippen molar-refractivity contribution in [3.63, 3.8) is 0 Å². The molecule has 2 heterocycles. The maximum absolute atomic E-state index is 12.6. The highest BCUT2D eigenvalue weighted by Gasteiger charge is 2.25. The Kier molecular flexibility index (Phi) is 6.91. The number of nitrogens with two attached hydrogens (primary N) is 1. The van der Waals surface area contributed by atoms with E-state index in [4.69, 9.17) is 5.73 Å². The molecule has 176 valence electrons.